The van der Waals surface area contributed by atoms with Crippen LogP contribution in [0.1, 0.15) is 18.5 Å². The smallest absolute Gasteiger partial charge is 0.331 e. The van der Waals surface area contributed by atoms with Gasteiger partial charge in [-0.05, 0) is 24.6 Å². The molecule has 8 heteroatoms. The van der Waals surface area contributed by atoms with Gasteiger partial charge in [0.2, 0.25) is 5.91 Å². The average molecular weight is 347 g/mol. The highest BCUT2D eigenvalue weighted by atomic mass is 16.5. The van der Waals surface area contributed by atoms with E-state index in [1.807, 2.05) is 13.0 Å². The van der Waals surface area contributed by atoms with E-state index in [2.05, 4.69) is 5.32 Å². The molecule has 134 valence electrons. The number of methoxy groups -OCH3 is 2. The van der Waals surface area contributed by atoms with Gasteiger partial charge in [0.15, 0.2) is 11.5 Å². The largest absolute Gasteiger partial charge is 0.493 e. The first-order valence-corrected chi connectivity index (χ1v) is 7.65. The molecule has 8 nitrogen and oxygen atoms in total. The Morgan fingerprint density at radius 3 is 2.48 bits per heavy atom. The van der Waals surface area contributed by atoms with Crippen molar-refractivity contribution in [2.45, 2.75) is 19.5 Å². The summed E-state index contributed by atoms with van der Waals surface area (Å²) in [5, 5.41) is 2.81. The molecular weight excluding hydrogens is 326 g/mol. The van der Waals surface area contributed by atoms with Crippen molar-refractivity contribution in [1.82, 2.24) is 14.5 Å². The van der Waals surface area contributed by atoms with Gasteiger partial charge in [0, 0.05) is 19.3 Å². The summed E-state index contributed by atoms with van der Waals surface area (Å²) in [4.78, 5) is 35.5. The lowest BCUT2D eigenvalue weighted by Crippen LogP contribution is -2.40. The molecule has 2 rings (SSSR count). The summed E-state index contributed by atoms with van der Waals surface area (Å²) in [6.45, 7) is 1.65. The number of benzene rings is 1. The molecule has 1 atom stereocenters. The van der Waals surface area contributed by atoms with Crippen LogP contribution in [0.25, 0.3) is 0 Å². The standard InChI is InChI=1S/C17H21N3O5/c1-11(12-5-6-13(24-3)14(9-12)25-4)18-15(21)10-20-8-7-16(22)19(2)17(20)23/h5-9,11H,10H2,1-4H3,(H,18,21)/t11-/m0/s1. The van der Waals surface area contributed by atoms with E-state index in [-0.39, 0.29) is 18.5 Å². The van der Waals surface area contributed by atoms with E-state index in [1.165, 1.54) is 31.0 Å². The maximum absolute atomic E-state index is 12.2. The predicted octanol–water partition coefficient (Wildman–Crippen LogP) is 0.442. The van der Waals surface area contributed by atoms with Crippen molar-refractivity contribution < 1.29 is 14.3 Å². The maximum Gasteiger partial charge on any atom is 0.331 e. The second-order valence-electron chi connectivity index (χ2n) is 5.53. The molecule has 1 amide bonds. The van der Waals surface area contributed by atoms with Gasteiger partial charge in [-0.15, -0.1) is 0 Å². The molecule has 0 radical (unpaired) electrons. The lowest BCUT2D eigenvalue weighted by atomic mass is 10.1. The van der Waals surface area contributed by atoms with Gasteiger partial charge >= 0.3 is 5.69 Å². The molecule has 1 N–H and O–H groups in total. The Bertz CT molecular complexity index is 885. The van der Waals surface area contributed by atoms with Gasteiger partial charge in [-0.25, -0.2) is 4.79 Å². The number of amides is 1. The number of aromatic nitrogens is 2. The number of hydrogen-bond acceptors (Lipinski definition) is 5. The number of nitrogens with one attached hydrogen (secondary N) is 1. The highest BCUT2D eigenvalue weighted by Crippen LogP contribution is 2.29. The normalized spacial score (nSPS) is 11.7. The molecule has 0 saturated heterocycles. The van der Waals surface area contributed by atoms with Crippen LogP contribution < -0.4 is 26.0 Å². The van der Waals surface area contributed by atoms with Crippen molar-refractivity contribution in [2.24, 2.45) is 7.05 Å². The zero-order valence-electron chi connectivity index (χ0n) is 14.6. The Morgan fingerprint density at radius 1 is 1.16 bits per heavy atom. The zero-order valence-corrected chi connectivity index (χ0v) is 14.6. The minimum atomic E-state index is -0.540. The molecule has 0 unspecified atom stereocenters. The lowest BCUT2D eigenvalue weighted by Gasteiger charge is -2.17. The Labute approximate surface area is 144 Å². The van der Waals surface area contributed by atoms with Crippen molar-refractivity contribution in [3.8, 4) is 11.5 Å². The van der Waals surface area contributed by atoms with E-state index in [4.69, 9.17) is 9.47 Å². The van der Waals surface area contributed by atoms with Crippen LogP contribution in [0.3, 0.4) is 0 Å². The monoisotopic (exact) mass is 347 g/mol. The van der Waals surface area contributed by atoms with Gasteiger partial charge < -0.3 is 14.8 Å². The van der Waals surface area contributed by atoms with Crippen LogP contribution in [0, 0.1) is 0 Å². The molecule has 0 saturated carbocycles. The third-order valence-electron chi connectivity index (χ3n) is 3.86. The van der Waals surface area contributed by atoms with Crippen LogP contribution in [0.5, 0.6) is 11.5 Å². The first-order chi connectivity index (χ1) is 11.9. The van der Waals surface area contributed by atoms with Crippen LogP contribution in [-0.2, 0) is 18.4 Å². The second kappa shape index (κ2) is 7.69. The first-order valence-electron chi connectivity index (χ1n) is 7.65. The summed E-state index contributed by atoms with van der Waals surface area (Å²) in [5.74, 6) is 0.819. The summed E-state index contributed by atoms with van der Waals surface area (Å²) in [5.41, 5.74) is -0.124. The summed E-state index contributed by atoms with van der Waals surface area (Å²) >= 11 is 0. The molecule has 0 fully saturated rings. The highest BCUT2D eigenvalue weighted by Gasteiger charge is 2.14. The minimum Gasteiger partial charge on any atom is -0.493 e. The van der Waals surface area contributed by atoms with E-state index >= 15 is 0 Å². The SMILES string of the molecule is COc1ccc([C@H](C)NC(=O)Cn2ccc(=O)n(C)c2=O)cc1OC. The molecule has 0 bridgehead atoms. The Hall–Kier alpha value is -3.03. The van der Waals surface area contributed by atoms with E-state index in [9.17, 15) is 14.4 Å². The zero-order chi connectivity index (χ0) is 18.6. The van der Waals surface area contributed by atoms with Crippen molar-refractivity contribution in [2.75, 3.05) is 14.2 Å². The molecular formula is C17H21N3O5. The van der Waals surface area contributed by atoms with Crippen molar-refractivity contribution >= 4 is 5.91 Å². The molecule has 0 spiro atoms. The van der Waals surface area contributed by atoms with E-state index in [0.29, 0.717) is 11.5 Å². The Kier molecular flexibility index (Phi) is 5.63. The van der Waals surface area contributed by atoms with Crippen LogP contribution in [0.4, 0.5) is 0 Å². The van der Waals surface area contributed by atoms with Crippen molar-refractivity contribution in [3.63, 3.8) is 0 Å². The molecule has 1 aromatic carbocycles. The van der Waals surface area contributed by atoms with Gasteiger partial charge in [-0.1, -0.05) is 6.07 Å². The number of carbonyl (C=O) groups is 1. The summed E-state index contributed by atoms with van der Waals surface area (Å²) in [6.07, 6.45) is 1.31. The third kappa shape index (κ3) is 4.09. The van der Waals surface area contributed by atoms with E-state index in [0.717, 1.165) is 10.1 Å². The Balaban J connectivity index is 2.12. The van der Waals surface area contributed by atoms with Gasteiger partial charge in [-0.3, -0.25) is 18.7 Å². The van der Waals surface area contributed by atoms with Crippen molar-refractivity contribution in [1.29, 1.82) is 0 Å². The summed E-state index contributed by atoms with van der Waals surface area (Å²) < 4.78 is 12.6. The lowest BCUT2D eigenvalue weighted by molar-refractivity contribution is -0.122. The Morgan fingerprint density at radius 2 is 1.84 bits per heavy atom. The molecule has 1 aromatic heterocycles. The van der Waals surface area contributed by atoms with E-state index < -0.39 is 11.2 Å². The number of nitrogens with zero attached hydrogens (tertiary/aromatic N) is 2. The fourth-order valence-electron chi connectivity index (χ4n) is 2.38. The number of hydrogen-bond donors (Lipinski definition) is 1. The first kappa shape index (κ1) is 18.3. The van der Waals surface area contributed by atoms with Crippen LogP contribution in [0.15, 0.2) is 40.1 Å². The molecule has 1 heterocycles. The quantitative estimate of drug-likeness (QED) is 0.819. The molecule has 0 aliphatic carbocycles. The third-order valence-corrected chi connectivity index (χ3v) is 3.86. The highest BCUT2D eigenvalue weighted by molar-refractivity contribution is 5.76. The summed E-state index contributed by atoms with van der Waals surface area (Å²) in [6, 6.07) is 6.31. The van der Waals surface area contributed by atoms with Gasteiger partial charge in [0.1, 0.15) is 6.54 Å². The van der Waals surface area contributed by atoms with Crippen LogP contribution >= 0.6 is 0 Å². The van der Waals surface area contributed by atoms with E-state index in [1.54, 1.807) is 19.2 Å². The molecule has 0 aliphatic heterocycles. The van der Waals surface area contributed by atoms with Crippen LogP contribution in [0.2, 0.25) is 0 Å². The molecule has 0 aliphatic rings. The maximum atomic E-state index is 12.2. The second-order valence-corrected chi connectivity index (χ2v) is 5.53. The molecule has 25 heavy (non-hydrogen) atoms. The summed E-state index contributed by atoms with van der Waals surface area (Å²) in [7, 11) is 4.45. The van der Waals surface area contributed by atoms with Crippen LogP contribution in [-0.4, -0.2) is 29.3 Å². The van der Waals surface area contributed by atoms with Gasteiger partial charge in [0.05, 0.1) is 20.3 Å². The topological polar surface area (TPSA) is 91.6 Å². The van der Waals surface area contributed by atoms with Gasteiger partial charge in [0.25, 0.3) is 5.56 Å². The average Bonchev–Trinajstić information content (AvgIpc) is 2.61. The van der Waals surface area contributed by atoms with Gasteiger partial charge in [-0.2, -0.15) is 0 Å². The fraction of sp³-hybridized carbons (Fsp3) is 0.353. The number of ether oxygens (including phenoxy) is 2. The molecule has 2 aromatic rings. The number of rotatable bonds is 6. The number of carbonyl (C=O) groups excluding carboxylic acids is 1. The fourth-order valence-corrected chi connectivity index (χ4v) is 2.38. The predicted molar refractivity (Wildman–Crippen MR) is 92.0 cm³/mol. The minimum absolute atomic E-state index is 0.176. The van der Waals surface area contributed by atoms with Crippen molar-refractivity contribution in [3.05, 3.63) is 56.9 Å².